The Labute approximate surface area is 121 Å². The fourth-order valence-corrected chi connectivity index (χ4v) is 5.37. The molecule has 0 spiro atoms. The normalized spacial score (nSPS) is 38.2. The van der Waals surface area contributed by atoms with E-state index in [1.807, 2.05) is 0 Å². The lowest BCUT2D eigenvalue weighted by Gasteiger charge is -2.56. The summed E-state index contributed by atoms with van der Waals surface area (Å²) in [6.45, 7) is 2.75. The molecule has 2 nitrogen and oxygen atoms in total. The summed E-state index contributed by atoms with van der Waals surface area (Å²) < 4.78 is 6.55. The largest absolute Gasteiger partial charge is 0.487 e. The van der Waals surface area contributed by atoms with Crippen LogP contribution in [-0.4, -0.2) is 5.60 Å². The predicted molar refractivity (Wildman–Crippen MR) is 80.6 cm³/mol. The molecular weight excluding hydrogens is 246 g/mol. The highest BCUT2D eigenvalue weighted by molar-refractivity contribution is 5.35. The molecule has 4 fully saturated rings. The summed E-state index contributed by atoms with van der Waals surface area (Å²) in [7, 11) is 0. The molecule has 20 heavy (non-hydrogen) atoms. The highest BCUT2D eigenvalue weighted by atomic mass is 16.5. The molecule has 4 bridgehead atoms. The first-order valence-corrected chi connectivity index (χ1v) is 8.14. The summed E-state index contributed by atoms with van der Waals surface area (Å²) in [4.78, 5) is 0. The van der Waals surface area contributed by atoms with Crippen LogP contribution in [0.3, 0.4) is 0 Å². The van der Waals surface area contributed by atoms with Crippen molar-refractivity contribution >= 4 is 0 Å². The first kappa shape index (κ1) is 12.7. The van der Waals surface area contributed by atoms with Gasteiger partial charge in [-0.25, -0.2) is 0 Å². The van der Waals surface area contributed by atoms with Crippen LogP contribution in [0.15, 0.2) is 18.2 Å². The molecule has 2 N–H and O–H groups in total. The first-order valence-electron chi connectivity index (χ1n) is 8.14. The fourth-order valence-electron chi connectivity index (χ4n) is 5.37. The second kappa shape index (κ2) is 4.49. The quantitative estimate of drug-likeness (QED) is 0.907. The molecule has 0 atom stereocenters. The van der Waals surface area contributed by atoms with Crippen LogP contribution in [0.4, 0.5) is 0 Å². The van der Waals surface area contributed by atoms with Gasteiger partial charge in [0.1, 0.15) is 11.4 Å². The van der Waals surface area contributed by atoms with Crippen molar-refractivity contribution in [3.63, 3.8) is 0 Å². The standard InChI is InChI=1S/C18H25NO/c1-12-4-17(3-2-16(12)11-19)20-18-8-13-5-14(9-18)7-15(6-13)10-18/h2-4,13-15H,5-11,19H2,1H3. The summed E-state index contributed by atoms with van der Waals surface area (Å²) in [5, 5.41) is 0. The number of ether oxygens (including phenoxy) is 1. The Morgan fingerprint density at radius 3 is 2.20 bits per heavy atom. The number of hydrogen-bond donors (Lipinski definition) is 1. The zero-order valence-electron chi connectivity index (χ0n) is 12.4. The molecule has 2 heteroatoms. The molecule has 0 heterocycles. The number of nitrogens with two attached hydrogens (primary N) is 1. The van der Waals surface area contributed by atoms with Crippen LogP contribution >= 0.6 is 0 Å². The van der Waals surface area contributed by atoms with Gasteiger partial charge in [-0.3, -0.25) is 0 Å². The van der Waals surface area contributed by atoms with Gasteiger partial charge in [0, 0.05) is 6.54 Å². The van der Waals surface area contributed by atoms with Gasteiger partial charge in [-0.1, -0.05) is 6.07 Å². The zero-order valence-corrected chi connectivity index (χ0v) is 12.4. The minimum absolute atomic E-state index is 0.158. The van der Waals surface area contributed by atoms with Gasteiger partial charge in [-0.05, 0) is 86.5 Å². The minimum atomic E-state index is 0.158. The van der Waals surface area contributed by atoms with Crippen LogP contribution in [0.25, 0.3) is 0 Å². The van der Waals surface area contributed by atoms with E-state index >= 15 is 0 Å². The van der Waals surface area contributed by atoms with Crippen LogP contribution in [0.5, 0.6) is 5.75 Å². The third-order valence-corrected chi connectivity index (χ3v) is 5.85. The van der Waals surface area contributed by atoms with Crippen molar-refractivity contribution in [1.29, 1.82) is 0 Å². The molecule has 0 amide bonds. The molecule has 1 aromatic rings. The van der Waals surface area contributed by atoms with E-state index in [-0.39, 0.29) is 5.60 Å². The lowest BCUT2D eigenvalue weighted by Crippen LogP contribution is -2.53. The number of rotatable bonds is 3. The van der Waals surface area contributed by atoms with Crippen LogP contribution in [-0.2, 0) is 6.54 Å². The third kappa shape index (κ3) is 2.05. The third-order valence-electron chi connectivity index (χ3n) is 5.85. The van der Waals surface area contributed by atoms with Crippen molar-refractivity contribution < 1.29 is 4.74 Å². The summed E-state index contributed by atoms with van der Waals surface area (Å²) in [5.41, 5.74) is 8.39. The van der Waals surface area contributed by atoms with Gasteiger partial charge in [0.05, 0.1) is 0 Å². The van der Waals surface area contributed by atoms with E-state index in [1.165, 1.54) is 49.7 Å². The van der Waals surface area contributed by atoms with E-state index in [4.69, 9.17) is 10.5 Å². The van der Waals surface area contributed by atoms with E-state index in [0.29, 0.717) is 6.54 Å². The molecule has 4 aliphatic rings. The average molecular weight is 271 g/mol. The monoisotopic (exact) mass is 271 g/mol. The van der Waals surface area contributed by atoms with E-state index in [2.05, 4.69) is 25.1 Å². The summed E-state index contributed by atoms with van der Waals surface area (Å²) >= 11 is 0. The number of aryl methyl sites for hydroxylation is 1. The topological polar surface area (TPSA) is 35.2 Å². The molecule has 0 unspecified atom stereocenters. The zero-order chi connectivity index (χ0) is 13.7. The Morgan fingerprint density at radius 2 is 1.70 bits per heavy atom. The molecule has 1 aromatic carbocycles. The van der Waals surface area contributed by atoms with E-state index in [9.17, 15) is 0 Å². The highest BCUT2D eigenvalue weighted by Crippen LogP contribution is 2.57. The lowest BCUT2D eigenvalue weighted by atomic mass is 9.54. The molecular formula is C18H25NO. The maximum Gasteiger partial charge on any atom is 0.120 e. The van der Waals surface area contributed by atoms with Gasteiger partial charge in [0.25, 0.3) is 0 Å². The minimum Gasteiger partial charge on any atom is -0.487 e. The Kier molecular flexibility index (Phi) is 2.85. The van der Waals surface area contributed by atoms with Crippen LogP contribution in [0.2, 0.25) is 0 Å². The summed E-state index contributed by atoms with van der Waals surface area (Å²) in [5.74, 6) is 3.86. The van der Waals surface area contributed by atoms with E-state index in [0.717, 1.165) is 23.5 Å². The Balaban J connectivity index is 1.58. The van der Waals surface area contributed by atoms with Crippen LogP contribution in [0.1, 0.15) is 49.7 Å². The van der Waals surface area contributed by atoms with Gasteiger partial charge in [0.2, 0.25) is 0 Å². The van der Waals surface area contributed by atoms with Gasteiger partial charge in [-0.15, -0.1) is 0 Å². The number of hydrogen-bond acceptors (Lipinski definition) is 2. The van der Waals surface area contributed by atoms with Crippen LogP contribution in [0, 0.1) is 24.7 Å². The average Bonchev–Trinajstić information content (AvgIpc) is 2.36. The van der Waals surface area contributed by atoms with Gasteiger partial charge in [-0.2, -0.15) is 0 Å². The van der Waals surface area contributed by atoms with Gasteiger partial charge < -0.3 is 10.5 Å². The SMILES string of the molecule is Cc1cc(OC23CC4CC(CC(C4)C2)C3)ccc1CN. The van der Waals surface area contributed by atoms with Gasteiger partial charge in [0.15, 0.2) is 0 Å². The summed E-state index contributed by atoms with van der Waals surface area (Å²) in [6, 6.07) is 6.43. The molecule has 0 aliphatic heterocycles. The summed E-state index contributed by atoms with van der Waals surface area (Å²) in [6.07, 6.45) is 8.26. The highest BCUT2D eigenvalue weighted by Gasteiger charge is 2.52. The smallest absolute Gasteiger partial charge is 0.120 e. The van der Waals surface area contributed by atoms with Crippen molar-refractivity contribution in [1.82, 2.24) is 0 Å². The van der Waals surface area contributed by atoms with E-state index in [1.54, 1.807) is 0 Å². The maximum atomic E-state index is 6.55. The molecule has 5 rings (SSSR count). The molecule has 0 saturated heterocycles. The van der Waals surface area contributed by atoms with Crippen molar-refractivity contribution in [2.24, 2.45) is 23.5 Å². The second-order valence-corrected chi connectivity index (χ2v) is 7.50. The second-order valence-electron chi connectivity index (χ2n) is 7.50. The van der Waals surface area contributed by atoms with Crippen molar-refractivity contribution in [2.75, 3.05) is 0 Å². The maximum absolute atomic E-state index is 6.55. The Bertz CT molecular complexity index is 487. The number of benzene rings is 1. The predicted octanol–water partition coefficient (Wildman–Crippen LogP) is 3.80. The molecule has 0 aromatic heterocycles. The molecule has 0 radical (unpaired) electrons. The van der Waals surface area contributed by atoms with Crippen molar-refractivity contribution in [3.8, 4) is 5.75 Å². The molecule has 108 valence electrons. The van der Waals surface area contributed by atoms with Crippen molar-refractivity contribution in [2.45, 2.75) is 57.6 Å². The fraction of sp³-hybridized carbons (Fsp3) is 0.667. The lowest BCUT2D eigenvalue weighted by molar-refractivity contribution is -0.107. The Hall–Kier alpha value is -1.02. The first-order chi connectivity index (χ1) is 9.66. The van der Waals surface area contributed by atoms with Crippen LogP contribution < -0.4 is 10.5 Å². The van der Waals surface area contributed by atoms with Gasteiger partial charge >= 0.3 is 0 Å². The molecule has 4 aliphatic carbocycles. The van der Waals surface area contributed by atoms with E-state index < -0.39 is 0 Å². The molecule has 4 saturated carbocycles. The van der Waals surface area contributed by atoms with Crippen molar-refractivity contribution in [3.05, 3.63) is 29.3 Å². The Morgan fingerprint density at radius 1 is 1.10 bits per heavy atom.